The SMILES string of the molecule is CC(=O)N1CCCC(Cc2ccccn2)C1. The Labute approximate surface area is 96.5 Å². The molecule has 1 amide bonds. The summed E-state index contributed by atoms with van der Waals surface area (Å²) < 4.78 is 0. The van der Waals surface area contributed by atoms with Crippen molar-refractivity contribution in [2.45, 2.75) is 26.2 Å². The first kappa shape index (κ1) is 11.1. The highest BCUT2D eigenvalue weighted by Gasteiger charge is 2.21. The minimum absolute atomic E-state index is 0.200. The van der Waals surface area contributed by atoms with Gasteiger partial charge in [0, 0.05) is 31.9 Å². The number of likely N-dealkylation sites (tertiary alicyclic amines) is 1. The van der Waals surface area contributed by atoms with Gasteiger partial charge in [0.05, 0.1) is 0 Å². The Hall–Kier alpha value is -1.38. The molecular formula is C13H18N2O. The summed E-state index contributed by atoms with van der Waals surface area (Å²) in [5.41, 5.74) is 1.14. The zero-order valence-corrected chi connectivity index (χ0v) is 9.72. The molecule has 16 heavy (non-hydrogen) atoms. The Morgan fingerprint density at radius 1 is 1.56 bits per heavy atom. The average Bonchev–Trinajstić information content (AvgIpc) is 2.30. The summed E-state index contributed by atoms with van der Waals surface area (Å²) in [6.45, 7) is 3.48. The van der Waals surface area contributed by atoms with Crippen molar-refractivity contribution in [2.24, 2.45) is 5.92 Å². The third-order valence-corrected chi connectivity index (χ3v) is 3.19. The number of hydrogen-bond donors (Lipinski definition) is 0. The first-order valence-electron chi connectivity index (χ1n) is 5.91. The normalized spacial score (nSPS) is 20.8. The van der Waals surface area contributed by atoms with E-state index >= 15 is 0 Å². The van der Waals surface area contributed by atoms with Crippen LogP contribution in [0.3, 0.4) is 0 Å². The highest BCUT2D eigenvalue weighted by atomic mass is 16.2. The summed E-state index contributed by atoms with van der Waals surface area (Å²) in [4.78, 5) is 17.6. The van der Waals surface area contributed by atoms with E-state index < -0.39 is 0 Å². The summed E-state index contributed by atoms with van der Waals surface area (Å²) in [6.07, 6.45) is 5.16. The minimum atomic E-state index is 0.200. The zero-order valence-electron chi connectivity index (χ0n) is 9.72. The van der Waals surface area contributed by atoms with Crippen LogP contribution in [0.2, 0.25) is 0 Å². The third-order valence-electron chi connectivity index (χ3n) is 3.19. The van der Waals surface area contributed by atoms with Gasteiger partial charge < -0.3 is 4.90 Å². The molecule has 0 aromatic carbocycles. The van der Waals surface area contributed by atoms with E-state index in [0.29, 0.717) is 5.92 Å². The number of amides is 1. The van der Waals surface area contributed by atoms with Crippen LogP contribution in [0, 0.1) is 5.92 Å². The maximum absolute atomic E-state index is 11.3. The van der Waals surface area contributed by atoms with Gasteiger partial charge in [-0.3, -0.25) is 9.78 Å². The van der Waals surface area contributed by atoms with Crippen molar-refractivity contribution in [3.05, 3.63) is 30.1 Å². The lowest BCUT2D eigenvalue weighted by Gasteiger charge is -2.31. The largest absolute Gasteiger partial charge is 0.343 e. The number of rotatable bonds is 2. The number of hydrogen-bond acceptors (Lipinski definition) is 2. The Morgan fingerprint density at radius 3 is 3.12 bits per heavy atom. The fourth-order valence-corrected chi connectivity index (χ4v) is 2.33. The fraction of sp³-hybridized carbons (Fsp3) is 0.538. The molecule has 2 heterocycles. The van der Waals surface area contributed by atoms with Gasteiger partial charge in [0.15, 0.2) is 0 Å². The van der Waals surface area contributed by atoms with Crippen molar-refractivity contribution < 1.29 is 4.79 Å². The van der Waals surface area contributed by atoms with Crippen molar-refractivity contribution >= 4 is 5.91 Å². The summed E-state index contributed by atoms with van der Waals surface area (Å²) >= 11 is 0. The first-order chi connectivity index (χ1) is 7.75. The first-order valence-corrected chi connectivity index (χ1v) is 5.91. The summed E-state index contributed by atoms with van der Waals surface area (Å²) in [7, 11) is 0. The maximum Gasteiger partial charge on any atom is 0.219 e. The monoisotopic (exact) mass is 218 g/mol. The van der Waals surface area contributed by atoms with Crippen LogP contribution in [-0.2, 0) is 11.2 Å². The Balaban J connectivity index is 1.93. The number of carbonyl (C=O) groups is 1. The second kappa shape index (κ2) is 5.10. The fourth-order valence-electron chi connectivity index (χ4n) is 2.33. The van der Waals surface area contributed by atoms with Crippen LogP contribution >= 0.6 is 0 Å². The molecule has 0 aliphatic carbocycles. The predicted molar refractivity (Wildman–Crippen MR) is 62.9 cm³/mol. The Bertz CT molecular complexity index is 350. The van der Waals surface area contributed by atoms with Gasteiger partial charge in [0.1, 0.15) is 0 Å². The standard InChI is InChI=1S/C13H18N2O/c1-11(16)15-8-4-5-12(10-15)9-13-6-2-3-7-14-13/h2-3,6-7,12H,4-5,8-10H2,1H3. The lowest BCUT2D eigenvalue weighted by atomic mass is 9.93. The van der Waals surface area contributed by atoms with Gasteiger partial charge in [-0.05, 0) is 37.3 Å². The number of carbonyl (C=O) groups excluding carboxylic acids is 1. The van der Waals surface area contributed by atoms with Gasteiger partial charge in [0.2, 0.25) is 5.91 Å². The smallest absolute Gasteiger partial charge is 0.219 e. The summed E-state index contributed by atoms with van der Waals surface area (Å²) in [6, 6.07) is 6.02. The van der Waals surface area contributed by atoms with Gasteiger partial charge in [-0.15, -0.1) is 0 Å². The molecule has 1 saturated heterocycles. The molecular weight excluding hydrogens is 200 g/mol. The highest BCUT2D eigenvalue weighted by molar-refractivity contribution is 5.73. The van der Waals surface area contributed by atoms with E-state index in [1.165, 1.54) is 6.42 Å². The molecule has 0 radical (unpaired) electrons. The van der Waals surface area contributed by atoms with Crippen LogP contribution < -0.4 is 0 Å². The molecule has 1 aromatic heterocycles. The van der Waals surface area contributed by atoms with Crippen LogP contribution in [0.1, 0.15) is 25.5 Å². The molecule has 1 aliphatic heterocycles. The van der Waals surface area contributed by atoms with E-state index in [2.05, 4.69) is 11.1 Å². The average molecular weight is 218 g/mol. The lowest BCUT2D eigenvalue weighted by molar-refractivity contribution is -0.130. The minimum Gasteiger partial charge on any atom is -0.343 e. The molecule has 3 nitrogen and oxygen atoms in total. The van der Waals surface area contributed by atoms with Crippen LogP contribution in [0.15, 0.2) is 24.4 Å². The van der Waals surface area contributed by atoms with Crippen LogP contribution in [0.4, 0.5) is 0 Å². The van der Waals surface area contributed by atoms with Crippen molar-refractivity contribution in [1.29, 1.82) is 0 Å². The Kier molecular flexibility index (Phi) is 3.54. The van der Waals surface area contributed by atoms with Crippen LogP contribution in [0.5, 0.6) is 0 Å². The molecule has 0 N–H and O–H groups in total. The molecule has 1 atom stereocenters. The van der Waals surface area contributed by atoms with Crippen molar-refractivity contribution in [2.75, 3.05) is 13.1 Å². The number of piperidine rings is 1. The van der Waals surface area contributed by atoms with Gasteiger partial charge in [0.25, 0.3) is 0 Å². The second-order valence-corrected chi connectivity index (χ2v) is 4.50. The zero-order chi connectivity index (χ0) is 11.4. The van der Waals surface area contributed by atoms with Crippen molar-refractivity contribution in [3.63, 3.8) is 0 Å². The maximum atomic E-state index is 11.3. The van der Waals surface area contributed by atoms with E-state index in [4.69, 9.17) is 0 Å². The van der Waals surface area contributed by atoms with E-state index in [1.807, 2.05) is 23.2 Å². The van der Waals surface area contributed by atoms with Gasteiger partial charge >= 0.3 is 0 Å². The number of nitrogens with zero attached hydrogens (tertiary/aromatic N) is 2. The number of aromatic nitrogens is 1. The third kappa shape index (κ3) is 2.81. The van der Waals surface area contributed by atoms with Crippen LogP contribution in [-0.4, -0.2) is 28.9 Å². The molecule has 1 aliphatic rings. The number of pyridine rings is 1. The molecule has 1 fully saturated rings. The van der Waals surface area contributed by atoms with Crippen molar-refractivity contribution in [3.8, 4) is 0 Å². The molecule has 1 unspecified atom stereocenters. The predicted octanol–water partition coefficient (Wildman–Crippen LogP) is 1.88. The van der Waals surface area contributed by atoms with Crippen molar-refractivity contribution in [1.82, 2.24) is 9.88 Å². The van der Waals surface area contributed by atoms with E-state index in [-0.39, 0.29) is 5.91 Å². The highest BCUT2D eigenvalue weighted by Crippen LogP contribution is 2.19. The van der Waals surface area contributed by atoms with E-state index in [9.17, 15) is 4.79 Å². The summed E-state index contributed by atoms with van der Waals surface area (Å²) in [5, 5.41) is 0. The van der Waals surface area contributed by atoms with E-state index in [1.54, 1.807) is 6.92 Å². The molecule has 3 heteroatoms. The molecule has 2 rings (SSSR count). The lowest BCUT2D eigenvalue weighted by Crippen LogP contribution is -2.39. The second-order valence-electron chi connectivity index (χ2n) is 4.50. The Morgan fingerprint density at radius 2 is 2.44 bits per heavy atom. The molecule has 0 spiro atoms. The van der Waals surface area contributed by atoms with Crippen LogP contribution in [0.25, 0.3) is 0 Å². The molecule has 0 bridgehead atoms. The van der Waals surface area contributed by atoms with Gasteiger partial charge in [-0.25, -0.2) is 0 Å². The quantitative estimate of drug-likeness (QED) is 0.759. The molecule has 1 aromatic rings. The molecule has 0 saturated carbocycles. The van der Waals surface area contributed by atoms with Gasteiger partial charge in [-0.1, -0.05) is 6.07 Å². The van der Waals surface area contributed by atoms with E-state index in [0.717, 1.165) is 31.6 Å². The van der Waals surface area contributed by atoms with Gasteiger partial charge in [-0.2, -0.15) is 0 Å². The topological polar surface area (TPSA) is 33.2 Å². The molecule has 86 valence electrons. The summed E-state index contributed by atoms with van der Waals surface area (Å²) in [5.74, 6) is 0.776.